The van der Waals surface area contributed by atoms with Gasteiger partial charge >= 0.3 is 18.2 Å². The molecule has 1 fully saturated rings. The molecule has 0 bridgehead atoms. The van der Waals surface area contributed by atoms with Crippen molar-refractivity contribution < 1.29 is 29.0 Å². The maximum absolute atomic E-state index is 12.2. The molecule has 1 saturated heterocycles. The fourth-order valence-electron chi connectivity index (χ4n) is 2.63. The van der Waals surface area contributed by atoms with Crippen LogP contribution < -0.4 is 5.32 Å². The highest BCUT2D eigenvalue weighted by Crippen LogP contribution is 2.22. The van der Waals surface area contributed by atoms with Crippen molar-refractivity contribution in [2.24, 2.45) is 0 Å². The van der Waals surface area contributed by atoms with Gasteiger partial charge in [0.15, 0.2) is 0 Å². The van der Waals surface area contributed by atoms with Crippen molar-refractivity contribution in [3.63, 3.8) is 0 Å². The molecule has 1 aliphatic heterocycles. The summed E-state index contributed by atoms with van der Waals surface area (Å²) in [7, 11) is 0. The number of aliphatic carboxylic acids is 1. The first-order valence-corrected chi connectivity index (χ1v) is 8.35. The van der Waals surface area contributed by atoms with Crippen molar-refractivity contribution >= 4 is 18.2 Å². The largest absolute Gasteiger partial charge is 0.480 e. The van der Waals surface area contributed by atoms with Crippen molar-refractivity contribution in [3.8, 4) is 0 Å². The molecule has 142 valence electrons. The van der Waals surface area contributed by atoms with Crippen LogP contribution in [0.2, 0.25) is 0 Å². The topological polar surface area (TPSA) is 105 Å². The lowest BCUT2D eigenvalue weighted by atomic mass is 10.2. The van der Waals surface area contributed by atoms with Gasteiger partial charge in [-0.2, -0.15) is 0 Å². The number of amides is 2. The lowest BCUT2D eigenvalue weighted by Crippen LogP contribution is -2.44. The average Bonchev–Trinajstić information content (AvgIpc) is 2.96. The summed E-state index contributed by atoms with van der Waals surface area (Å²) >= 11 is 0. The molecule has 1 heterocycles. The third-order valence-electron chi connectivity index (χ3n) is 3.75. The number of likely N-dealkylation sites (tertiary alicyclic amines) is 1. The summed E-state index contributed by atoms with van der Waals surface area (Å²) in [5.41, 5.74) is 0.105. The van der Waals surface area contributed by atoms with E-state index in [9.17, 15) is 19.5 Å². The van der Waals surface area contributed by atoms with Gasteiger partial charge in [0.25, 0.3) is 0 Å². The standard InChI is InChI=1S/C18H24N2O6/c1-18(2,3)26-17(24)20-10-13(9-14(20)15(21)22)19-16(23)25-11-12-7-5-4-6-8-12/h4-8,13-14H,9-11H2,1-3H3,(H,19,23)(H,21,22)/t13-,14+/m1/s1. The molecule has 2 N–H and O–H groups in total. The Balaban J connectivity index is 1.91. The predicted molar refractivity (Wildman–Crippen MR) is 92.5 cm³/mol. The summed E-state index contributed by atoms with van der Waals surface area (Å²) in [6, 6.07) is 7.62. The van der Waals surface area contributed by atoms with Crippen LogP contribution in [0.15, 0.2) is 30.3 Å². The molecule has 2 atom stereocenters. The molecule has 0 radical (unpaired) electrons. The van der Waals surface area contributed by atoms with E-state index in [-0.39, 0.29) is 19.6 Å². The molecule has 0 saturated carbocycles. The second-order valence-corrected chi connectivity index (χ2v) is 7.13. The van der Waals surface area contributed by atoms with Crippen molar-refractivity contribution in [3.05, 3.63) is 35.9 Å². The molecule has 2 amide bonds. The Labute approximate surface area is 152 Å². The SMILES string of the molecule is CC(C)(C)OC(=O)N1C[C@H](NC(=O)OCc2ccccc2)C[C@H]1C(=O)O. The van der Waals surface area contributed by atoms with E-state index in [1.807, 2.05) is 30.3 Å². The van der Waals surface area contributed by atoms with E-state index in [0.717, 1.165) is 10.5 Å². The van der Waals surface area contributed by atoms with Crippen LogP contribution in [-0.4, -0.2) is 52.4 Å². The fourth-order valence-corrected chi connectivity index (χ4v) is 2.63. The summed E-state index contributed by atoms with van der Waals surface area (Å²) in [5, 5.41) is 11.9. The van der Waals surface area contributed by atoms with Crippen molar-refractivity contribution in [1.82, 2.24) is 10.2 Å². The highest BCUT2D eigenvalue weighted by Gasteiger charge is 2.42. The molecule has 1 aromatic rings. The monoisotopic (exact) mass is 364 g/mol. The Hall–Kier alpha value is -2.77. The van der Waals surface area contributed by atoms with Crippen LogP contribution >= 0.6 is 0 Å². The number of carbonyl (C=O) groups excluding carboxylic acids is 2. The van der Waals surface area contributed by atoms with Crippen molar-refractivity contribution in [2.45, 2.75) is 51.5 Å². The van der Waals surface area contributed by atoms with Crippen LogP contribution in [-0.2, 0) is 20.9 Å². The van der Waals surface area contributed by atoms with E-state index in [1.54, 1.807) is 20.8 Å². The van der Waals surface area contributed by atoms with Gasteiger partial charge in [-0.25, -0.2) is 14.4 Å². The number of ether oxygens (including phenoxy) is 2. The minimum absolute atomic E-state index is 0.0479. The van der Waals surface area contributed by atoms with Gasteiger partial charge in [0, 0.05) is 13.0 Å². The van der Waals surface area contributed by atoms with E-state index < -0.39 is 35.8 Å². The summed E-state index contributed by atoms with van der Waals surface area (Å²) in [6.45, 7) is 5.26. The summed E-state index contributed by atoms with van der Waals surface area (Å²) in [5.74, 6) is -1.14. The van der Waals surface area contributed by atoms with E-state index >= 15 is 0 Å². The van der Waals surface area contributed by atoms with E-state index in [4.69, 9.17) is 9.47 Å². The number of hydrogen-bond donors (Lipinski definition) is 2. The molecule has 2 rings (SSSR count). The number of nitrogens with zero attached hydrogens (tertiary/aromatic N) is 1. The molecule has 0 aromatic heterocycles. The third-order valence-corrected chi connectivity index (χ3v) is 3.75. The number of nitrogens with one attached hydrogen (secondary N) is 1. The van der Waals surface area contributed by atoms with E-state index in [0.29, 0.717) is 0 Å². The Morgan fingerprint density at radius 1 is 1.23 bits per heavy atom. The molecule has 26 heavy (non-hydrogen) atoms. The lowest BCUT2D eigenvalue weighted by Gasteiger charge is -2.26. The van der Waals surface area contributed by atoms with Crippen LogP contribution in [0.5, 0.6) is 0 Å². The average molecular weight is 364 g/mol. The summed E-state index contributed by atoms with van der Waals surface area (Å²) in [6.07, 6.45) is -1.28. The Morgan fingerprint density at radius 2 is 1.88 bits per heavy atom. The fraction of sp³-hybridized carbons (Fsp3) is 0.500. The zero-order valence-electron chi connectivity index (χ0n) is 15.1. The molecule has 1 aliphatic rings. The van der Waals surface area contributed by atoms with Crippen LogP contribution in [0.3, 0.4) is 0 Å². The molecule has 1 aromatic carbocycles. The van der Waals surface area contributed by atoms with Crippen molar-refractivity contribution in [2.75, 3.05) is 6.54 Å². The number of benzene rings is 1. The number of hydrogen-bond acceptors (Lipinski definition) is 5. The van der Waals surface area contributed by atoms with Gasteiger partial charge < -0.3 is 19.9 Å². The van der Waals surface area contributed by atoms with Gasteiger partial charge in [-0.05, 0) is 26.3 Å². The Bertz CT molecular complexity index is 655. The van der Waals surface area contributed by atoms with Crippen molar-refractivity contribution in [1.29, 1.82) is 0 Å². The molecule has 8 nitrogen and oxygen atoms in total. The minimum atomic E-state index is -1.14. The Kier molecular flexibility index (Phi) is 6.07. The first kappa shape index (κ1) is 19.6. The third kappa shape index (κ3) is 5.65. The van der Waals surface area contributed by atoms with Crippen LogP contribution in [0.25, 0.3) is 0 Å². The van der Waals surface area contributed by atoms with Crippen LogP contribution in [0, 0.1) is 0 Å². The number of carboxylic acid groups (broad SMARTS) is 1. The maximum Gasteiger partial charge on any atom is 0.411 e. The molecule has 0 unspecified atom stereocenters. The van der Waals surface area contributed by atoms with E-state index in [2.05, 4.69) is 5.32 Å². The second-order valence-electron chi connectivity index (χ2n) is 7.13. The van der Waals surface area contributed by atoms with Gasteiger partial charge in [0.05, 0.1) is 6.04 Å². The Morgan fingerprint density at radius 3 is 2.46 bits per heavy atom. The highest BCUT2D eigenvalue weighted by molar-refractivity contribution is 5.81. The number of alkyl carbamates (subject to hydrolysis) is 1. The summed E-state index contributed by atoms with van der Waals surface area (Å²) < 4.78 is 10.4. The number of rotatable bonds is 4. The van der Waals surface area contributed by atoms with Crippen LogP contribution in [0.1, 0.15) is 32.8 Å². The lowest BCUT2D eigenvalue weighted by molar-refractivity contribution is -0.142. The zero-order chi connectivity index (χ0) is 19.3. The normalized spacial score (nSPS) is 19.7. The molecular formula is C18H24N2O6. The maximum atomic E-state index is 12.2. The van der Waals surface area contributed by atoms with Crippen LogP contribution in [0.4, 0.5) is 9.59 Å². The molecule has 0 aliphatic carbocycles. The number of carbonyl (C=O) groups is 3. The quantitative estimate of drug-likeness (QED) is 0.850. The molecule has 0 spiro atoms. The zero-order valence-corrected chi connectivity index (χ0v) is 15.1. The molecular weight excluding hydrogens is 340 g/mol. The van der Waals surface area contributed by atoms with Gasteiger partial charge in [0.2, 0.25) is 0 Å². The first-order chi connectivity index (χ1) is 12.2. The van der Waals surface area contributed by atoms with E-state index in [1.165, 1.54) is 0 Å². The minimum Gasteiger partial charge on any atom is -0.480 e. The predicted octanol–water partition coefficient (Wildman–Crippen LogP) is 2.38. The summed E-state index contributed by atoms with van der Waals surface area (Å²) in [4.78, 5) is 36.7. The van der Waals surface area contributed by atoms with Gasteiger partial charge in [0.1, 0.15) is 18.2 Å². The first-order valence-electron chi connectivity index (χ1n) is 8.35. The second kappa shape index (κ2) is 8.07. The van der Waals surface area contributed by atoms with Gasteiger partial charge in [-0.15, -0.1) is 0 Å². The molecule has 8 heteroatoms. The van der Waals surface area contributed by atoms with Gasteiger partial charge in [-0.3, -0.25) is 4.90 Å². The van der Waals surface area contributed by atoms with Gasteiger partial charge in [-0.1, -0.05) is 30.3 Å². The highest BCUT2D eigenvalue weighted by atomic mass is 16.6. The smallest absolute Gasteiger partial charge is 0.411 e. The number of carboxylic acids is 1.